The lowest BCUT2D eigenvalue weighted by molar-refractivity contribution is -0.385. The van der Waals surface area contributed by atoms with Crippen LogP contribution in [-0.4, -0.2) is 13.3 Å². The lowest BCUT2D eigenvalue weighted by atomic mass is 10.1. The molecule has 0 amide bonds. The first-order valence-electron chi connectivity index (χ1n) is 7.43. The van der Waals surface area contributed by atoms with Gasteiger partial charge in [0.1, 0.15) is 0 Å². The van der Waals surface area contributed by atoms with E-state index in [9.17, 15) is 18.5 Å². The highest BCUT2D eigenvalue weighted by molar-refractivity contribution is 7.89. The molecule has 0 unspecified atom stereocenters. The second-order valence-electron chi connectivity index (χ2n) is 5.74. The van der Waals surface area contributed by atoms with Crippen LogP contribution in [0.4, 0.5) is 5.69 Å². The summed E-state index contributed by atoms with van der Waals surface area (Å²) in [4.78, 5) is 10.3. The van der Waals surface area contributed by atoms with E-state index in [1.807, 2.05) is 18.2 Å². The SMILES string of the molecule is Cc1cc(S(=O)(=O)NCc2ccc3c(c2)CNC3)ccc1[N+](=O)[O-]. The molecule has 0 bridgehead atoms. The Hall–Kier alpha value is -2.29. The summed E-state index contributed by atoms with van der Waals surface area (Å²) in [7, 11) is -3.73. The predicted octanol–water partition coefficient (Wildman–Crippen LogP) is 1.98. The van der Waals surface area contributed by atoms with Crippen LogP contribution in [0.5, 0.6) is 0 Å². The minimum Gasteiger partial charge on any atom is -0.309 e. The van der Waals surface area contributed by atoms with E-state index >= 15 is 0 Å². The summed E-state index contributed by atoms with van der Waals surface area (Å²) >= 11 is 0. The fraction of sp³-hybridized carbons (Fsp3) is 0.250. The van der Waals surface area contributed by atoms with E-state index in [2.05, 4.69) is 10.0 Å². The van der Waals surface area contributed by atoms with Gasteiger partial charge in [-0.05, 0) is 35.7 Å². The molecular formula is C16H17N3O4S. The second kappa shape index (κ2) is 6.31. The van der Waals surface area contributed by atoms with Crippen molar-refractivity contribution in [3.63, 3.8) is 0 Å². The zero-order valence-electron chi connectivity index (χ0n) is 13.1. The number of hydrogen-bond donors (Lipinski definition) is 2. The Morgan fingerprint density at radius 3 is 2.62 bits per heavy atom. The molecule has 8 heteroatoms. The third kappa shape index (κ3) is 3.30. The molecule has 1 heterocycles. The average Bonchev–Trinajstić information content (AvgIpc) is 3.00. The molecule has 0 spiro atoms. The molecule has 3 rings (SSSR count). The summed E-state index contributed by atoms with van der Waals surface area (Å²) < 4.78 is 27.3. The van der Waals surface area contributed by atoms with Crippen molar-refractivity contribution in [2.45, 2.75) is 31.5 Å². The van der Waals surface area contributed by atoms with Crippen molar-refractivity contribution in [2.24, 2.45) is 0 Å². The van der Waals surface area contributed by atoms with Crippen LogP contribution in [0.1, 0.15) is 22.3 Å². The van der Waals surface area contributed by atoms with E-state index in [0.717, 1.165) is 18.7 Å². The van der Waals surface area contributed by atoms with E-state index in [-0.39, 0.29) is 17.1 Å². The first-order chi connectivity index (χ1) is 11.4. The lowest BCUT2D eigenvalue weighted by Gasteiger charge is -2.09. The van der Waals surface area contributed by atoms with Crippen molar-refractivity contribution in [2.75, 3.05) is 0 Å². The van der Waals surface area contributed by atoms with E-state index in [4.69, 9.17) is 0 Å². The number of sulfonamides is 1. The monoisotopic (exact) mass is 347 g/mol. The summed E-state index contributed by atoms with van der Waals surface area (Å²) in [5.74, 6) is 0. The van der Waals surface area contributed by atoms with Crippen LogP contribution >= 0.6 is 0 Å². The van der Waals surface area contributed by atoms with Gasteiger partial charge in [0.25, 0.3) is 5.69 Å². The molecular weight excluding hydrogens is 330 g/mol. The third-order valence-corrected chi connectivity index (χ3v) is 5.44. The molecule has 0 atom stereocenters. The number of nitro groups is 1. The fourth-order valence-electron chi connectivity index (χ4n) is 2.72. The van der Waals surface area contributed by atoms with E-state index in [0.29, 0.717) is 5.56 Å². The van der Waals surface area contributed by atoms with Crippen LogP contribution < -0.4 is 10.0 Å². The number of fused-ring (bicyclic) bond motifs is 1. The van der Waals surface area contributed by atoms with Crippen LogP contribution in [0.3, 0.4) is 0 Å². The van der Waals surface area contributed by atoms with Crippen LogP contribution in [0.15, 0.2) is 41.3 Å². The molecule has 0 fully saturated rings. The lowest BCUT2D eigenvalue weighted by Crippen LogP contribution is -2.23. The van der Waals surface area contributed by atoms with E-state index < -0.39 is 14.9 Å². The van der Waals surface area contributed by atoms with Gasteiger partial charge in [0.15, 0.2) is 0 Å². The first-order valence-corrected chi connectivity index (χ1v) is 8.91. The van der Waals surface area contributed by atoms with Gasteiger partial charge in [-0.15, -0.1) is 0 Å². The highest BCUT2D eigenvalue weighted by atomic mass is 32.2. The van der Waals surface area contributed by atoms with Crippen molar-refractivity contribution in [3.8, 4) is 0 Å². The summed E-state index contributed by atoms with van der Waals surface area (Å²) in [6.07, 6.45) is 0. The van der Waals surface area contributed by atoms with Gasteiger partial charge < -0.3 is 5.32 Å². The normalized spacial score (nSPS) is 13.7. The van der Waals surface area contributed by atoms with Gasteiger partial charge >= 0.3 is 0 Å². The smallest absolute Gasteiger partial charge is 0.272 e. The molecule has 2 N–H and O–H groups in total. The molecule has 2 aromatic rings. The zero-order chi connectivity index (χ0) is 17.3. The number of hydrogen-bond acceptors (Lipinski definition) is 5. The Morgan fingerprint density at radius 1 is 1.17 bits per heavy atom. The molecule has 0 aliphatic carbocycles. The molecule has 0 aromatic heterocycles. The Kier molecular flexibility index (Phi) is 4.35. The van der Waals surface area contributed by atoms with Gasteiger partial charge in [0.05, 0.1) is 9.82 Å². The van der Waals surface area contributed by atoms with Crippen molar-refractivity contribution in [1.29, 1.82) is 0 Å². The van der Waals surface area contributed by atoms with E-state index in [1.54, 1.807) is 0 Å². The molecule has 0 saturated carbocycles. The molecule has 1 aliphatic rings. The zero-order valence-corrected chi connectivity index (χ0v) is 13.9. The summed E-state index contributed by atoms with van der Waals surface area (Å²) in [5.41, 5.74) is 3.50. The van der Waals surface area contributed by atoms with E-state index in [1.165, 1.54) is 36.2 Å². The Labute approximate surface area is 139 Å². The standard InChI is InChI=1S/C16H17N3O4S/c1-11-6-15(4-5-16(11)19(20)21)24(22,23)18-8-12-2-3-13-9-17-10-14(13)7-12/h2-7,17-18H,8-10H2,1H3. The highest BCUT2D eigenvalue weighted by Gasteiger charge is 2.19. The van der Waals surface area contributed by atoms with Gasteiger partial charge in [-0.1, -0.05) is 18.2 Å². The average molecular weight is 347 g/mol. The molecule has 0 saturated heterocycles. The first kappa shape index (κ1) is 16.6. The minimum atomic E-state index is -3.73. The summed E-state index contributed by atoms with van der Waals surface area (Å²) in [6.45, 7) is 3.32. The Morgan fingerprint density at radius 2 is 1.92 bits per heavy atom. The maximum Gasteiger partial charge on any atom is 0.272 e. The fourth-order valence-corrected chi connectivity index (χ4v) is 3.82. The van der Waals surface area contributed by atoms with Crippen molar-refractivity contribution in [3.05, 3.63) is 68.8 Å². The minimum absolute atomic E-state index is 0.0217. The van der Waals surface area contributed by atoms with Crippen LogP contribution in [-0.2, 0) is 29.7 Å². The predicted molar refractivity (Wildman–Crippen MR) is 88.8 cm³/mol. The van der Waals surface area contributed by atoms with Crippen molar-refractivity contribution < 1.29 is 13.3 Å². The molecule has 0 radical (unpaired) electrons. The largest absolute Gasteiger partial charge is 0.309 e. The number of rotatable bonds is 5. The number of nitrogens with zero attached hydrogens (tertiary/aromatic N) is 1. The second-order valence-corrected chi connectivity index (χ2v) is 7.50. The van der Waals surface area contributed by atoms with Gasteiger partial charge in [-0.25, -0.2) is 13.1 Å². The molecule has 1 aliphatic heterocycles. The van der Waals surface area contributed by atoms with Crippen molar-refractivity contribution in [1.82, 2.24) is 10.0 Å². The van der Waals surface area contributed by atoms with Crippen LogP contribution in [0.2, 0.25) is 0 Å². The Balaban J connectivity index is 1.76. The van der Waals surface area contributed by atoms with Crippen molar-refractivity contribution >= 4 is 15.7 Å². The van der Waals surface area contributed by atoms with Gasteiger partial charge in [-0.2, -0.15) is 0 Å². The molecule has 24 heavy (non-hydrogen) atoms. The highest BCUT2D eigenvalue weighted by Crippen LogP contribution is 2.22. The molecule has 2 aromatic carbocycles. The number of nitro benzene ring substituents is 1. The number of nitrogens with one attached hydrogen (secondary N) is 2. The topological polar surface area (TPSA) is 101 Å². The van der Waals surface area contributed by atoms with Crippen LogP contribution in [0, 0.1) is 17.0 Å². The van der Waals surface area contributed by atoms with Gasteiger partial charge in [0.2, 0.25) is 10.0 Å². The quantitative estimate of drug-likeness (QED) is 0.636. The molecule has 126 valence electrons. The Bertz CT molecular complexity index is 910. The summed E-state index contributed by atoms with van der Waals surface area (Å²) in [6, 6.07) is 9.65. The molecule has 7 nitrogen and oxygen atoms in total. The maximum atomic E-state index is 12.4. The number of aryl methyl sites for hydroxylation is 1. The van der Waals surface area contributed by atoms with Gasteiger partial charge in [-0.3, -0.25) is 10.1 Å². The third-order valence-electron chi connectivity index (χ3n) is 4.04. The summed E-state index contributed by atoms with van der Waals surface area (Å²) in [5, 5.41) is 14.1. The van der Waals surface area contributed by atoms with Crippen LogP contribution in [0.25, 0.3) is 0 Å². The number of benzene rings is 2. The maximum absolute atomic E-state index is 12.4. The van der Waals surface area contributed by atoms with Gasteiger partial charge in [0, 0.05) is 31.3 Å².